The van der Waals surface area contributed by atoms with Crippen LogP contribution in [0, 0.1) is 0 Å². The maximum absolute atomic E-state index is 12.3. The number of nitrogens with zero attached hydrogens (tertiary/aromatic N) is 1. The van der Waals surface area contributed by atoms with Gasteiger partial charge in [-0.1, -0.05) is 0 Å². The van der Waals surface area contributed by atoms with Gasteiger partial charge in [0.15, 0.2) is 0 Å². The highest BCUT2D eigenvalue weighted by atomic mass is 32.1. The van der Waals surface area contributed by atoms with E-state index in [9.17, 15) is 8.78 Å². The number of halogens is 2. The van der Waals surface area contributed by atoms with Crippen LogP contribution >= 0.6 is 11.3 Å². The fourth-order valence-corrected chi connectivity index (χ4v) is 3.80. The molecule has 1 aromatic carbocycles. The molecule has 2 aromatic heterocycles. The fourth-order valence-electron chi connectivity index (χ4n) is 2.63. The number of pyridine rings is 1. The number of hydrogen-bond donors (Lipinski definition) is 1. The normalized spacial score (nSPS) is 11.5. The van der Waals surface area contributed by atoms with Crippen LogP contribution in [0.1, 0.15) is 4.88 Å². The van der Waals surface area contributed by atoms with E-state index >= 15 is 0 Å². The number of ether oxygens (including phenoxy) is 2. The van der Waals surface area contributed by atoms with E-state index in [1.54, 1.807) is 26.6 Å². The summed E-state index contributed by atoms with van der Waals surface area (Å²) in [5, 5.41) is 5.45. The van der Waals surface area contributed by atoms with Crippen LogP contribution in [-0.2, 0) is 6.54 Å². The third kappa shape index (κ3) is 2.94. The Labute approximate surface area is 136 Å². The molecule has 1 N–H and O–H groups in total. The lowest BCUT2D eigenvalue weighted by Crippen LogP contribution is -2.19. The maximum Gasteiger partial charge on any atom is 0.250 e. The molecule has 4 nitrogen and oxygen atoms in total. The zero-order valence-electron chi connectivity index (χ0n) is 12.7. The van der Waals surface area contributed by atoms with Crippen LogP contribution in [-0.4, -0.2) is 32.2 Å². The summed E-state index contributed by atoms with van der Waals surface area (Å²) < 4.78 is 36.6. The Morgan fingerprint density at radius 2 is 1.96 bits per heavy atom. The van der Waals surface area contributed by atoms with Gasteiger partial charge < -0.3 is 14.8 Å². The van der Waals surface area contributed by atoms with Crippen molar-refractivity contribution in [3.63, 3.8) is 0 Å². The molecule has 0 unspecified atom stereocenters. The molecule has 7 heteroatoms. The Morgan fingerprint density at radius 1 is 1.17 bits per heavy atom. The molecule has 0 spiro atoms. The van der Waals surface area contributed by atoms with Gasteiger partial charge in [-0.15, -0.1) is 11.3 Å². The Balaban J connectivity index is 2.14. The smallest absolute Gasteiger partial charge is 0.250 e. The molecule has 0 atom stereocenters. The van der Waals surface area contributed by atoms with Crippen molar-refractivity contribution in [3.8, 4) is 11.5 Å². The molecule has 0 aliphatic rings. The van der Waals surface area contributed by atoms with Gasteiger partial charge in [-0.3, -0.25) is 4.98 Å². The number of rotatable bonds is 6. The Bertz CT molecular complexity index is 775. The predicted octanol–water partition coefficient (Wildman–Crippen LogP) is 3.82. The van der Waals surface area contributed by atoms with E-state index in [0.717, 1.165) is 37.2 Å². The summed E-state index contributed by atoms with van der Waals surface area (Å²) in [6, 6.07) is 3.84. The molecule has 0 amide bonds. The summed E-state index contributed by atoms with van der Waals surface area (Å²) in [6.45, 7) is 0.0546. The lowest BCUT2D eigenvalue weighted by Gasteiger charge is -2.11. The van der Waals surface area contributed by atoms with Gasteiger partial charge in [-0.25, -0.2) is 8.78 Å². The average molecular weight is 338 g/mol. The van der Waals surface area contributed by atoms with Crippen molar-refractivity contribution >= 4 is 32.2 Å². The van der Waals surface area contributed by atoms with E-state index < -0.39 is 6.43 Å². The summed E-state index contributed by atoms with van der Waals surface area (Å²) in [5.41, 5.74) is 0. The first-order valence-electron chi connectivity index (χ1n) is 7.04. The molecule has 3 aromatic rings. The lowest BCUT2D eigenvalue weighted by molar-refractivity contribution is 0.145. The molecule has 0 aliphatic carbocycles. The summed E-state index contributed by atoms with van der Waals surface area (Å²) in [5.74, 6) is 1.48. The average Bonchev–Trinajstić information content (AvgIpc) is 2.95. The Kier molecular flexibility index (Phi) is 4.58. The minimum absolute atomic E-state index is 0.325. The molecule has 3 rings (SSSR count). The molecule has 0 saturated heterocycles. The third-order valence-corrected chi connectivity index (χ3v) is 4.68. The standard InChI is InChI=1S/C16H16F2N2O2S/c1-21-14-10-3-4-19-7-12(10)15(22-2)16-11(14)5-9(23-16)6-20-8-13(17)18/h3-5,7,13,20H,6,8H2,1-2H3. The minimum atomic E-state index is -2.36. The van der Waals surface area contributed by atoms with Crippen LogP contribution in [0.25, 0.3) is 20.9 Å². The van der Waals surface area contributed by atoms with Crippen LogP contribution in [0.3, 0.4) is 0 Å². The maximum atomic E-state index is 12.3. The number of aromatic nitrogens is 1. The SMILES string of the molecule is COc1c2ccncc2c(OC)c2sc(CNCC(F)F)cc12. The second-order valence-corrected chi connectivity index (χ2v) is 6.10. The molecule has 0 radical (unpaired) electrons. The van der Waals surface area contributed by atoms with Gasteiger partial charge in [0, 0.05) is 40.0 Å². The van der Waals surface area contributed by atoms with Crippen LogP contribution in [0.2, 0.25) is 0 Å². The highest BCUT2D eigenvalue weighted by Crippen LogP contribution is 2.45. The van der Waals surface area contributed by atoms with Gasteiger partial charge in [-0.05, 0) is 12.1 Å². The van der Waals surface area contributed by atoms with E-state index in [-0.39, 0.29) is 6.54 Å². The van der Waals surface area contributed by atoms with E-state index in [4.69, 9.17) is 9.47 Å². The molecular weight excluding hydrogens is 322 g/mol. The van der Waals surface area contributed by atoms with E-state index in [0.29, 0.717) is 6.54 Å². The van der Waals surface area contributed by atoms with Crippen molar-refractivity contribution < 1.29 is 18.3 Å². The molecule has 0 saturated carbocycles. The highest BCUT2D eigenvalue weighted by molar-refractivity contribution is 7.19. The Morgan fingerprint density at radius 3 is 2.65 bits per heavy atom. The second kappa shape index (κ2) is 6.64. The van der Waals surface area contributed by atoms with Crippen molar-refractivity contribution in [1.82, 2.24) is 10.3 Å². The van der Waals surface area contributed by atoms with Crippen molar-refractivity contribution in [3.05, 3.63) is 29.4 Å². The first kappa shape index (κ1) is 15.9. The van der Waals surface area contributed by atoms with E-state index in [1.165, 1.54) is 11.3 Å². The molecule has 0 fully saturated rings. The van der Waals surface area contributed by atoms with Crippen LogP contribution in [0.5, 0.6) is 11.5 Å². The number of nitrogens with one attached hydrogen (secondary N) is 1. The fraction of sp³-hybridized carbons (Fsp3) is 0.312. The van der Waals surface area contributed by atoms with Gasteiger partial charge in [0.2, 0.25) is 0 Å². The molecule has 23 heavy (non-hydrogen) atoms. The largest absolute Gasteiger partial charge is 0.495 e. The number of hydrogen-bond acceptors (Lipinski definition) is 5. The van der Waals surface area contributed by atoms with Crippen molar-refractivity contribution in [2.45, 2.75) is 13.0 Å². The van der Waals surface area contributed by atoms with E-state index in [2.05, 4.69) is 10.3 Å². The zero-order chi connectivity index (χ0) is 16.4. The van der Waals surface area contributed by atoms with Crippen LogP contribution in [0.15, 0.2) is 24.5 Å². The van der Waals surface area contributed by atoms with Gasteiger partial charge in [-0.2, -0.15) is 0 Å². The third-order valence-electron chi connectivity index (χ3n) is 3.55. The number of fused-ring (bicyclic) bond motifs is 2. The van der Waals surface area contributed by atoms with E-state index in [1.807, 2.05) is 12.1 Å². The number of methoxy groups -OCH3 is 2. The molecule has 2 heterocycles. The quantitative estimate of drug-likeness (QED) is 0.742. The summed E-state index contributed by atoms with van der Waals surface area (Å²) in [4.78, 5) is 5.10. The lowest BCUT2D eigenvalue weighted by atomic mass is 10.1. The van der Waals surface area contributed by atoms with Crippen molar-refractivity contribution in [2.24, 2.45) is 0 Å². The number of alkyl halides is 2. The predicted molar refractivity (Wildman–Crippen MR) is 87.9 cm³/mol. The number of benzene rings is 1. The van der Waals surface area contributed by atoms with Gasteiger partial charge in [0.05, 0.1) is 25.5 Å². The number of thiophene rings is 1. The van der Waals surface area contributed by atoms with Crippen molar-refractivity contribution in [1.29, 1.82) is 0 Å². The summed E-state index contributed by atoms with van der Waals surface area (Å²) >= 11 is 1.50. The van der Waals surface area contributed by atoms with Gasteiger partial charge >= 0.3 is 0 Å². The monoisotopic (exact) mass is 338 g/mol. The molecule has 0 aliphatic heterocycles. The second-order valence-electron chi connectivity index (χ2n) is 4.97. The molecular formula is C16H16F2N2O2S. The first-order valence-corrected chi connectivity index (χ1v) is 7.86. The van der Waals surface area contributed by atoms with Crippen molar-refractivity contribution in [2.75, 3.05) is 20.8 Å². The first-order chi connectivity index (χ1) is 11.2. The Hall–Kier alpha value is -1.99. The van der Waals surface area contributed by atoms with Gasteiger partial charge in [0.1, 0.15) is 11.5 Å². The highest BCUT2D eigenvalue weighted by Gasteiger charge is 2.18. The van der Waals surface area contributed by atoms with Gasteiger partial charge in [0.25, 0.3) is 6.43 Å². The van der Waals surface area contributed by atoms with Crippen LogP contribution < -0.4 is 14.8 Å². The molecule has 122 valence electrons. The molecule has 0 bridgehead atoms. The topological polar surface area (TPSA) is 43.4 Å². The minimum Gasteiger partial charge on any atom is -0.495 e. The summed E-state index contributed by atoms with van der Waals surface area (Å²) in [7, 11) is 3.23. The zero-order valence-corrected chi connectivity index (χ0v) is 13.5. The summed E-state index contributed by atoms with van der Waals surface area (Å²) in [6.07, 6.45) is 1.08. The van der Waals surface area contributed by atoms with Crippen LogP contribution in [0.4, 0.5) is 8.78 Å².